The van der Waals surface area contributed by atoms with Crippen LogP contribution in [-0.4, -0.2) is 19.5 Å². The average Bonchev–Trinajstić information content (AvgIpc) is 3.62. The molecule has 0 N–H and O–H groups in total. The van der Waals surface area contributed by atoms with E-state index in [1.165, 1.54) is 0 Å². The fourth-order valence-electron chi connectivity index (χ4n) is 7.78. The van der Waals surface area contributed by atoms with E-state index in [9.17, 15) is 13.2 Å². The van der Waals surface area contributed by atoms with Crippen LogP contribution >= 0.6 is 0 Å². The monoisotopic (exact) mass is 770 g/mol. The Morgan fingerprint density at radius 3 is 1.17 bits per heavy atom. The summed E-state index contributed by atoms with van der Waals surface area (Å²) in [5.74, 6) is 1.53. The molecule has 10 aromatic rings. The number of rotatable bonds is 7. The Bertz CT molecular complexity index is 2950. The van der Waals surface area contributed by atoms with Gasteiger partial charge in [0.2, 0.25) is 0 Å². The molecule has 0 spiro atoms. The summed E-state index contributed by atoms with van der Waals surface area (Å²) in [6.45, 7) is 0. The number of fused-ring (bicyclic) bond motifs is 3. The maximum Gasteiger partial charge on any atom is 0.416 e. The normalized spacial score (nSPS) is 11.6. The molecule has 0 bridgehead atoms. The molecule has 2 heterocycles. The Labute approximate surface area is 338 Å². The van der Waals surface area contributed by atoms with Crippen molar-refractivity contribution in [1.82, 2.24) is 19.5 Å². The molecule has 0 aliphatic heterocycles. The smallest absolute Gasteiger partial charge is 0.309 e. The molecule has 282 valence electrons. The van der Waals surface area contributed by atoms with E-state index in [1.54, 1.807) is 12.1 Å². The van der Waals surface area contributed by atoms with Crippen LogP contribution in [0.3, 0.4) is 0 Å². The van der Waals surface area contributed by atoms with Crippen molar-refractivity contribution >= 4 is 21.8 Å². The summed E-state index contributed by atoms with van der Waals surface area (Å²) in [6, 6.07) is 64.4. The number of benzene rings is 8. The zero-order valence-corrected chi connectivity index (χ0v) is 31.5. The third kappa shape index (κ3) is 6.83. The fraction of sp³-hybridized carbons (Fsp3) is 0.0192. The number of nitrogens with zero attached hydrogens (tertiary/aromatic N) is 4. The third-order valence-corrected chi connectivity index (χ3v) is 10.7. The molecule has 0 aliphatic rings. The molecule has 0 atom stereocenters. The lowest BCUT2D eigenvalue weighted by Crippen LogP contribution is -2.04. The van der Waals surface area contributed by atoms with E-state index in [0.717, 1.165) is 84.1 Å². The highest BCUT2D eigenvalue weighted by molar-refractivity contribution is 6.12. The van der Waals surface area contributed by atoms with Crippen molar-refractivity contribution in [1.29, 1.82) is 0 Å². The third-order valence-electron chi connectivity index (χ3n) is 10.7. The lowest BCUT2D eigenvalue weighted by Gasteiger charge is -2.17. The minimum absolute atomic E-state index is 0.469. The predicted octanol–water partition coefficient (Wildman–Crippen LogP) is 14.0. The minimum Gasteiger partial charge on any atom is -0.309 e. The van der Waals surface area contributed by atoms with E-state index < -0.39 is 11.7 Å². The van der Waals surface area contributed by atoms with E-state index >= 15 is 0 Å². The van der Waals surface area contributed by atoms with Crippen molar-refractivity contribution in [3.05, 3.63) is 206 Å². The summed E-state index contributed by atoms with van der Waals surface area (Å²) < 4.78 is 43.6. The van der Waals surface area contributed by atoms with E-state index in [1.807, 2.05) is 115 Å². The van der Waals surface area contributed by atoms with Crippen LogP contribution in [0.5, 0.6) is 0 Å². The Morgan fingerprint density at radius 1 is 0.339 bits per heavy atom. The molecule has 0 aliphatic carbocycles. The molecule has 59 heavy (non-hydrogen) atoms. The van der Waals surface area contributed by atoms with E-state index in [2.05, 4.69) is 65.2 Å². The molecule has 0 amide bonds. The van der Waals surface area contributed by atoms with Gasteiger partial charge in [-0.25, -0.2) is 15.0 Å². The summed E-state index contributed by atoms with van der Waals surface area (Å²) in [7, 11) is 0. The summed E-state index contributed by atoms with van der Waals surface area (Å²) in [5, 5.41) is 2.08. The quantitative estimate of drug-likeness (QED) is 0.162. The van der Waals surface area contributed by atoms with E-state index in [0.29, 0.717) is 23.0 Å². The number of hydrogen-bond acceptors (Lipinski definition) is 3. The molecule has 10 rings (SSSR count). The van der Waals surface area contributed by atoms with Gasteiger partial charge in [-0.1, -0.05) is 158 Å². The zero-order valence-electron chi connectivity index (χ0n) is 31.5. The van der Waals surface area contributed by atoms with Crippen LogP contribution in [0.2, 0.25) is 0 Å². The Hall–Kier alpha value is -7.64. The molecule has 0 fully saturated rings. The summed E-state index contributed by atoms with van der Waals surface area (Å²) in [6.07, 6.45) is -4.46. The highest BCUT2D eigenvalue weighted by Gasteiger charge is 2.30. The Balaban J connectivity index is 1.25. The van der Waals surface area contributed by atoms with Gasteiger partial charge in [0, 0.05) is 33.0 Å². The van der Waals surface area contributed by atoms with Gasteiger partial charge in [0.1, 0.15) is 0 Å². The predicted molar refractivity (Wildman–Crippen MR) is 232 cm³/mol. The molecule has 4 nitrogen and oxygen atoms in total. The first-order chi connectivity index (χ1) is 28.9. The second-order valence-electron chi connectivity index (χ2n) is 14.4. The first kappa shape index (κ1) is 35.8. The molecule has 0 unspecified atom stereocenters. The SMILES string of the molecule is FC(F)(F)c1ccc(-c2ccc(-c3nc(-c4ccccc4)nc(-c4ccccc4)n3)cc2-n2c3ccc(-c4ccccc4)cc3c3cc(-c4ccccc4)ccc32)cc1. The van der Waals surface area contributed by atoms with Crippen LogP contribution in [0.15, 0.2) is 200 Å². The number of halogens is 3. The lowest BCUT2D eigenvalue weighted by molar-refractivity contribution is -0.137. The first-order valence-corrected chi connectivity index (χ1v) is 19.3. The van der Waals surface area contributed by atoms with Gasteiger partial charge < -0.3 is 4.57 Å². The second-order valence-corrected chi connectivity index (χ2v) is 14.4. The van der Waals surface area contributed by atoms with Gasteiger partial charge in [0.25, 0.3) is 0 Å². The summed E-state index contributed by atoms with van der Waals surface area (Å²) in [4.78, 5) is 14.9. The van der Waals surface area contributed by atoms with Crippen molar-refractivity contribution in [3.63, 3.8) is 0 Å². The van der Waals surface area contributed by atoms with Crippen molar-refractivity contribution in [2.24, 2.45) is 0 Å². The first-order valence-electron chi connectivity index (χ1n) is 19.3. The molecular formula is C52H33F3N4. The highest BCUT2D eigenvalue weighted by Crippen LogP contribution is 2.41. The van der Waals surface area contributed by atoms with Gasteiger partial charge in [-0.2, -0.15) is 13.2 Å². The molecule has 2 aromatic heterocycles. The van der Waals surface area contributed by atoms with Crippen molar-refractivity contribution in [2.45, 2.75) is 6.18 Å². The van der Waals surface area contributed by atoms with E-state index in [4.69, 9.17) is 15.0 Å². The van der Waals surface area contributed by atoms with Gasteiger partial charge in [-0.05, 0) is 70.3 Å². The summed E-state index contributed by atoms with van der Waals surface area (Å²) in [5.41, 5.74) is 10.1. The maximum atomic E-state index is 13.8. The highest BCUT2D eigenvalue weighted by atomic mass is 19.4. The van der Waals surface area contributed by atoms with Crippen LogP contribution in [0.4, 0.5) is 13.2 Å². The van der Waals surface area contributed by atoms with Crippen molar-refractivity contribution in [3.8, 4) is 73.2 Å². The summed E-state index contributed by atoms with van der Waals surface area (Å²) >= 11 is 0. The number of hydrogen-bond donors (Lipinski definition) is 0. The van der Waals surface area contributed by atoms with Crippen molar-refractivity contribution < 1.29 is 13.2 Å². The van der Waals surface area contributed by atoms with Gasteiger partial charge in [-0.3, -0.25) is 0 Å². The van der Waals surface area contributed by atoms with Gasteiger partial charge in [0.15, 0.2) is 17.5 Å². The molecule has 0 saturated carbocycles. The van der Waals surface area contributed by atoms with Crippen LogP contribution in [0, 0.1) is 0 Å². The van der Waals surface area contributed by atoms with Crippen LogP contribution < -0.4 is 0 Å². The number of aromatic nitrogens is 4. The second kappa shape index (κ2) is 14.7. The Kier molecular flexibility index (Phi) is 8.91. The Morgan fingerprint density at radius 2 is 0.729 bits per heavy atom. The van der Waals surface area contributed by atoms with Gasteiger partial charge in [0.05, 0.1) is 22.3 Å². The van der Waals surface area contributed by atoms with E-state index in [-0.39, 0.29) is 0 Å². The largest absolute Gasteiger partial charge is 0.416 e. The maximum absolute atomic E-state index is 13.8. The average molecular weight is 771 g/mol. The fourth-order valence-corrected chi connectivity index (χ4v) is 7.78. The lowest BCUT2D eigenvalue weighted by atomic mass is 9.99. The van der Waals surface area contributed by atoms with Gasteiger partial charge >= 0.3 is 6.18 Å². The van der Waals surface area contributed by atoms with Crippen LogP contribution in [-0.2, 0) is 6.18 Å². The van der Waals surface area contributed by atoms with Gasteiger partial charge in [-0.15, -0.1) is 0 Å². The zero-order chi connectivity index (χ0) is 39.9. The standard InChI is InChI=1S/C52H33F3N4/c53-52(54,55)42-26-21-36(22-27-42)43-28-23-41(51-57-49(37-17-9-3-10-18-37)56-50(58-51)38-19-11-4-12-20-38)33-48(43)59-46-29-24-39(34-13-5-1-6-14-34)31-44(46)45-32-40(25-30-47(45)59)35-15-7-2-8-16-35/h1-33H. The molecular weight excluding hydrogens is 738 g/mol. The molecule has 7 heteroatoms. The topological polar surface area (TPSA) is 43.6 Å². The van der Waals surface area contributed by atoms with Crippen molar-refractivity contribution in [2.75, 3.05) is 0 Å². The molecule has 8 aromatic carbocycles. The molecule has 0 radical (unpaired) electrons. The van der Waals surface area contributed by atoms with Crippen LogP contribution in [0.1, 0.15) is 5.56 Å². The molecule has 0 saturated heterocycles. The number of alkyl halides is 3. The van der Waals surface area contributed by atoms with Crippen LogP contribution in [0.25, 0.3) is 95.0 Å². The minimum atomic E-state index is -4.46.